The Balaban J connectivity index is 1.61. The highest BCUT2D eigenvalue weighted by Gasteiger charge is 2.11. The van der Waals surface area contributed by atoms with Crippen LogP contribution in [-0.2, 0) is 12.3 Å². The molecule has 3 aromatic rings. The van der Waals surface area contributed by atoms with Crippen LogP contribution in [0.4, 0.5) is 0 Å². The average molecular weight is 329 g/mol. The summed E-state index contributed by atoms with van der Waals surface area (Å²) in [5.74, 6) is 2.50. The number of benzene rings is 1. The predicted molar refractivity (Wildman–Crippen MR) is 89.7 cm³/mol. The minimum absolute atomic E-state index is 0.452. The molecule has 0 saturated heterocycles. The number of alkyl halides is 1. The lowest BCUT2D eigenvalue weighted by atomic mass is 10.2. The van der Waals surface area contributed by atoms with E-state index in [1.165, 1.54) is 0 Å². The molecular weight excluding hydrogens is 312 g/mol. The van der Waals surface area contributed by atoms with Crippen molar-refractivity contribution in [1.29, 1.82) is 0 Å². The largest absolute Gasteiger partial charge is 0.477 e. The van der Waals surface area contributed by atoms with E-state index in [1.807, 2.05) is 49.4 Å². The Kier molecular flexibility index (Phi) is 4.93. The first-order valence-corrected chi connectivity index (χ1v) is 7.95. The first-order valence-electron chi connectivity index (χ1n) is 7.41. The molecule has 0 bridgehead atoms. The van der Waals surface area contributed by atoms with Crippen molar-refractivity contribution in [2.24, 2.45) is 0 Å². The molecule has 0 atom stereocenters. The molecule has 0 amide bonds. The molecule has 3 rings (SSSR count). The lowest BCUT2D eigenvalue weighted by Gasteiger charge is -2.04. The minimum Gasteiger partial charge on any atom is -0.477 e. The number of hydrogen-bond acceptors (Lipinski definition) is 4. The molecule has 0 N–H and O–H groups in total. The maximum absolute atomic E-state index is 5.74. The molecular formula is C18H17ClN2O2. The van der Waals surface area contributed by atoms with Gasteiger partial charge in [0, 0.05) is 30.1 Å². The summed E-state index contributed by atoms with van der Waals surface area (Å²) >= 11 is 5.73. The smallest absolute Gasteiger partial charge is 0.226 e. The van der Waals surface area contributed by atoms with Crippen LogP contribution in [0.2, 0.25) is 0 Å². The van der Waals surface area contributed by atoms with Gasteiger partial charge in [-0.25, -0.2) is 9.97 Å². The number of oxazole rings is 1. The normalized spacial score (nSPS) is 10.7. The van der Waals surface area contributed by atoms with Crippen LogP contribution in [-0.4, -0.2) is 16.6 Å². The standard InChI is InChI=1S/C18H17ClN2O2/c1-13-16(21-18(23-13)15-5-3-2-4-6-15)9-10-22-17-8-7-14(11-19)12-20-17/h2-8,12H,9-11H2,1H3. The fourth-order valence-electron chi connectivity index (χ4n) is 2.19. The van der Waals surface area contributed by atoms with Crippen LogP contribution in [0.3, 0.4) is 0 Å². The first-order chi connectivity index (χ1) is 11.3. The fourth-order valence-corrected chi connectivity index (χ4v) is 2.35. The van der Waals surface area contributed by atoms with Crippen molar-refractivity contribution in [3.63, 3.8) is 0 Å². The molecule has 5 heteroatoms. The van der Waals surface area contributed by atoms with Crippen molar-refractivity contribution in [3.05, 3.63) is 65.7 Å². The van der Waals surface area contributed by atoms with Gasteiger partial charge in [-0.2, -0.15) is 0 Å². The molecule has 2 aromatic heterocycles. The number of aryl methyl sites for hydroxylation is 1. The maximum atomic E-state index is 5.74. The van der Waals surface area contributed by atoms with Gasteiger partial charge in [0.15, 0.2) is 0 Å². The Labute approximate surface area is 140 Å². The van der Waals surface area contributed by atoms with Gasteiger partial charge in [0.2, 0.25) is 11.8 Å². The zero-order valence-electron chi connectivity index (χ0n) is 12.8. The molecule has 4 nitrogen and oxygen atoms in total. The third-order valence-corrected chi connectivity index (χ3v) is 3.76. The number of pyridine rings is 1. The monoisotopic (exact) mass is 328 g/mol. The molecule has 0 aliphatic carbocycles. The van der Waals surface area contributed by atoms with Crippen molar-refractivity contribution >= 4 is 11.6 Å². The molecule has 0 saturated carbocycles. The van der Waals surface area contributed by atoms with Crippen LogP contribution < -0.4 is 4.74 Å². The highest BCUT2D eigenvalue weighted by molar-refractivity contribution is 6.17. The van der Waals surface area contributed by atoms with Crippen LogP contribution in [0.1, 0.15) is 17.0 Å². The molecule has 23 heavy (non-hydrogen) atoms. The summed E-state index contributed by atoms with van der Waals surface area (Å²) in [5.41, 5.74) is 2.85. The van der Waals surface area contributed by atoms with E-state index in [4.69, 9.17) is 20.8 Å². The summed E-state index contributed by atoms with van der Waals surface area (Å²) in [7, 11) is 0. The van der Waals surface area contributed by atoms with Crippen molar-refractivity contribution < 1.29 is 9.15 Å². The third-order valence-electron chi connectivity index (χ3n) is 3.45. The second-order valence-corrected chi connectivity index (χ2v) is 5.39. The summed E-state index contributed by atoms with van der Waals surface area (Å²) < 4.78 is 11.4. The lowest BCUT2D eigenvalue weighted by Crippen LogP contribution is -2.04. The van der Waals surface area contributed by atoms with E-state index in [2.05, 4.69) is 9.97 Å². The van der Waals surface area contributed by atoms with Gasteiger partial charge in [0.25, 0.3) is 0 Å². The molecule has 0 radical (unpaired) electrons. The summed E-state index contributed by atoms with van der Waals surface area (Å²) in [4.78, 5) is 8.76. The van der Waals surface area contributed by atoms with Gasteiger partial charge in [0.05, 0.1) is 12.3 Å². The minimum atomic E-state index is 0.452. The van der Waals surface area contributed by atoms with Crippen molar-refractivity contribution in [3.8, 4) is 17.3 Å². The number of halogens is 1. The summed E-state index contributed by atoms with van der Waals surface area (Å²) in [5, 5.41) is 0. The number of rotatable bonds is 6. The molecule has 118 valence electrons. The Hall–Kier alpha value is -2.33. The summed E-state index contributed by atoms with van der Waals surface area (Å²) in [6.07, 6.45) is 2.39. The summed E-state index contributed by atoms with van der Waals surface area (Å²) in [6.45, 7) is 2.41. The highest BCUT2D eigenvalue weighted by atomic mass is 35.5. The average Bonchev–Trinajstić information content (AvgIpc) is 2.97. The predicted octanol–water partition coefficient (Wildman–Crippen LogP) is 4.41. The molecule has 0 fully saturated rings. The Morgan fingerprint density at radius 1 is 1.13 bits per heavy atom. The third kappa shape index (κ3) is 3.90. The van der Waals surface area contributed by atoms with Gasteiger partial charge in [-0.15, -0.1) is 11.6 Å². The van der Waals surface area contributed by atoms with Crippen LogP contribution in [0.5, 0.6) is 5.88 Å². The molecule has 1 aromatic carbocycles. The second kappa shape index (κ2) is 7.29. The topological polar surface area (TPSA) is 48.2 Å². The SMILES string of the molecule is Cc1oc(-c2ccccc2)nc1CCOc1ccc(CCl)cn1. The number of hydrogen-bond donors (Lipinski definition) is 0. The number of aromatic nitrogens is 2. The number of ether oxygens (including phenoxy) is 1. The van der Waals surface area contributed by atoms with Crippen LogP contribution in [0.25, 0.3) is 11.5 Å². The van der Waals surface area contributed by atoms with Gasteiger partial charge in [-0.1, -0.05) is 24.3 Å². The Morgan fingerprint density at radius 3 is 2.65 bits per heavy atom. The van der Waals surface area contributed by atoms with Crippen molar-refractivity contribution in [1.82, 2.24) is 9.97 Å². The van der Waals surface area contributed by atoms with Crippen molar-refractivity contribution in [2.75, 3.05) is 6.61 Å². The van der Waals surface area contributed by atoms with E-state index in [-0.39, 0.29) is 0 Å². The van der Waals surface area contributed by atoms with Gasteiger partial charge in [-0.3, -0.25) is 0 Å². The molecule has 0 aliphatic heterocycles. The molecule has 0 unspecified atom stereocenters. The van der Waals surface area contributed by atoms with E-state index >= 15 is 0 Å². The van der Waals surface area contributed by atoms with E-state index in [1.54, 1.807) is 6.20 Å². The van der Waals surface area contributed by atoms with Crippen molar-refractivity contribution in [2.45, 2.75) is 19.2 Å². The van der Waals surface area contributed by atoms with Crippen LogP contribution in [0.15, 0.2) is 53.1 Å². The van der Waals surface area contributed by atoms with E-state index in [0.717, 1.165) is 22.6 Å². The van der Waals surface area contributed by atoms with Crippen LogP contribution in [0, 0.1) is 6.92 Å². The maximum Gasteiger partial charge on any atom is 0.226 e. The first kappa shape index (κ1) is 15.6. The second-order valence-electron chi connectivity index (χ2n) is 5.12. The van der Waals surface area contributed by atoms with E-state index < -0.39 is 0 Å². The number of nitrogens with zero attached hydrogens (tertiary/aromatic N) is 2. The highest BCUT2D eigenvalue weighted by Crippen LogP contribution is 2.21. The van der Waals surface area contributed by atoms with E-state index in [0.29, 0.717) is 30.7 Å². The lowest BCUT2D eigenvalue weighted by molar-refractivity contribution is 0.307. The Bertz CT molecular complexity index is 754. The van der Waals surface area contributed by atoms with Gasteiger partial charge >= 0.3 is 0 Å². The zero-order chi connectivity index (χ0) is 16.1. The summed E-state index contributed by atoms with van der Waals surface area (Å²) in [6, 6.07) is 13.6. The van der Waals surface area contributed by atoms with E-state index in [9.17, 15) is 0 Å². The van der Waals surface area contributed by atoms with Gasteiger partial charge < -0.3 is 9.15 Å². The van der Waals surface area contributed by atoms with Gasteiger partial charge in [-0.05, 0) is 24.6 Å². The Morgan fingerprint density at radius 2 is 1.96 bits per heavy atom. The molecule has 0 spiro atoms. The molecule has 0 aliphatic rings. The quantitative estimate of drug-likeness (QED) is 0.629. The van der Waals surface area contributed by atoms with Gasteiger partial charge in [0.1, 0.15) is 5.76 Å². The zero-order valence-corrected chi connectivity index (χ0v) is 13.6. The molecule has 2 heterocycles. The fraction of sp³-hybridized carbons (Fsp3) is 0.222. The van der Waals surface area contributed by atoms with Crippen LogP contribution >= 0.6 is 11.6 Å².